The quantitative estimate of drug-likeness (QED) is 0.530. The lowest BCUT2D eigenvalue weighted by atomic mass is 10.1. The lowest BCUT2D eigenvalue weighted by Gasteiger charge is -2.10. The lowest BCUT2D eigenvalue weighted by Crippen LogP contribution is -2.15. The van der Waals surface area contributed by atoms with E-state index in [-0.39, 0.29) is 22.7 Å². The van der Waals surface area contributed by atoms with E-state index >= 15 is 0 Å². The molecule has 3 N–H and O–H groups in total. The molecule has 1 aromatic carbocycles. The number of thiophene rings is 1. The second kappa shape index (κ2) is 6.82. The minimum atomic E-state index is -0.777. The van der Waals surface area contributed by atoms with Gasteiger partial charge in [-0.05, 0) is 29.6 Å². The van der Waals surface area contributed by atoms with Gasteiger partial charge in [-0.15, -0.1) is 11.3 Å². The largest absolute Gasteiger partial charge is 0.497 e. The molecule has 0 saturated carbocycles. The van der Waals surface area contributed by atoms with Crippen LogP contribution in [0.3, 0.4) is 0 Å². The molecule has 0 saturated heterocycles. The van der Waals surface area contributed by atoms with E-state index in [9.17, 15) is 9.59 Å². The molecule has 28 heavy (non-hydrogen) atoms. The van der Waals surface area contributed by atoms with Crippen molar-refractivity contribution in [2.45, 2.75) is 0 Å². The fraction of sp³-hybridized carbons (Fsp3) is 0.111. The molecule has 0 aliphatic carbocycles. The molecular formula is C18H15N5O4S. The number of ether oxygens (including phenoxy) is 2. The van der Waals surface area contributed by atoms with E-state index in [2.05, 4.69) is 15.0 Å². The number of aromatic nitrogens is 4. The Labute approximate surface area is 162 Å². The summed E-state index contributed by atoms with van der Waals surface area (Å²) in [5, 5.41) is 2.49. The molecule has 0 bridgehead atoms. The first-order valence-electron chi connectivity index (χ1n) is 8.12. The number of carbonyl (C=O) groups excluding carboxylic acids is 1. The molecule has 3 heterocycles. The molecule has 0 fully saturated rings. The highest BCUT2D eigenvalue weighted by molar-refractivity contribution is 7.12. The van der Waals surface area contributed by atoms with Crippen molar-refractivity contribution in [1.29, 1.82) is 0 Å². The number of hydrogen-bond acceptors (Lipinski definition) is 7. The van der Waals surface area contributed by atoms with Crippen molar-refractivity contribution >= 4 is 28.4 Å². The average Bonchev–Trinajstić information content (AvgIpc) is 3.33. The maximum absolute atomic E-state index is 12.5. The van der Waals surface area contributed by atoms with Crippen LogP contribution >= 0.6 is 11.3 Å². The molecule has 0 atom stereocenters. The zero-order chi connectivity index (χ0) is 19.8. The number of primary amides is 1. The van der Waals surface area contributed by atoms with Crippen LogP contribution in [0.15, 0.2) is 40.5 Å². The second-order valence-electron chi connectivity index (χ2n) is 5.74. The van der Waals surface area contributed by atoms with Crippen molar-refractivity contribution in [2.75, 3.05) is 14.2 Å². The molecule has 1 amide bonds. The molecule has 0 aliphatic heterocycles. The third-order valence-corrected chi connectivity index (χ3v) is 5.00. The first-order chi connectivity index (χ1) is 13.5. The Morgan fingerprint density at radius 1 is 1.21 bits per heavy atom. The van der Waals surface area contributed by atoms with E-state index in [1.165, 1.54) is 23.0 Å². The number of H-pyrrole nitrogens is 1. The minimum Gasteiger partial charge on any atom is -0.497 e. The van der Waals surface area contributed by atoms with Crippen LogP contribution in [0.5, 0.6) is 11.5 Å². The van der Waals surface area contributed by atoms with Crippen LogP contribution in [0.1, 0.15) is 10.5 Å². The Morgan fingerprint density at radius 3 is 2.68 bits per heavy atom. The van der Waals surface area contributed by atoms with Crippen LogP contribution in [-0.2, 0) is 0 Å². The van der Waals surface area contributed by atoms with Crippen LogP contribution in [0, 0.1) is 0 Å². The number of hydrogen-bond donors (Lipinski definition) is 2. The van der Waals surface area contributed by atoms with Gasteiger partial charge in [-0.1, -0.05) is 0 Å². The van der Waals surface area contributed by atoms with Gasteiger partial charge in [0.1, 0.15) is 22.0 Å². The standard InChI is InChI=1S/C18H15N5O4S/c1-26-9-5-6-10(11(8-9)27-2)16-20-13(15(19)24)14-17(22-16)23(18(25)21-14)12-4-3-7-28-12/h3-8H,1-2H3,(H2,19,24)(H,21,25). The predicted molar refractivity (Wildman–Crippen MR) is 104 cm³/mol. The third kappa shape index (κ3) is 2.79. The molecule has 0 spiro atoms. The van der Waals surface area contributed by atoms with Crippen molar-refractivity contribution in [3.8, 4) is 27.9 Å². The van der Waals surface area contributed by atoms with Gasteiger partial charge < -0.3 is 20.2 Å². The predicted octanol–water partition coefficient (Wildman–Crippen LogP) is 1.95. The number of benzene rings is 1. The van der Waals surface area contributed by atoms with Crippen LogP contribution in [0.25, 0.3) is 27.6 Å². The zero-order valence-electron chi connectivity index (χ0n) is 14.9. The van der Waals surface area contributed by atoms with Gasteiger partial charge in [-0.25, -0.2) is 19.3 Å². The fourth-order valence-corrected chi connectivity index (χ4v) is 3.60. The van der Waals surface area contributed by atoms with Crippen molar-refractivity contribution in [3.05, 3.63) is 51.9 Å². The number of nitrogens with two attached hydrogens (primary N) is 1. The normalized spacial score (nSPS) is 10.9. The number of aromatic amines is 1. The van der Waals surface area contributed by atoms with Gasteiger partial charge in [0.05, 0.1) is 19.8 Å². The number of carbonyl (C=O) groups is 1. The topological polar surface area (TPSA) is 125 Å². The SMILES string of the molecule is COc1ccc(-c2nc(C(N)=O)c3[nH]c(=O)n(-c4cccs4)c3n2)c(OC)c1. The summed E-state index contributed by atoms with van der Waals surface area (Å²) in [7, 11) is 3.05. The highest BCUT2D eigenvalue weighted by atomic mass is 32.1. The monoisotopic (exact) mass is 397 g/mol. The van der Waals surface area contributed by atoms with Gasteiger partial charge in [0, 0.05) is 6.07 Å². The van der Waals surface area contributed by atoms with Crippen molar-refractivity contribution in [2.24, 2.45) is 5.73 Å². The Kier molecular flexibility index (Phi) is 4.32. The molecular weight excluding hydrogens is 382 g/mol. The van der Waals surface area contributed by atoms with Crippen molar-refractivity contribution < 1.29 is 14.3 Å². The molecule has 10 heteroatoms. The van der Waals surface area contributed by atoms with E-state index < -0.39 is 11.6 Å². The van der Waals surface area contributed by atoms with Gasteiger partial charge in [-0.2, -0.15) is 0 Å². The summed E-state index contributed by atoms with van der Waals surface area (Å²) in [5.74, 6) is 0.467. The molecule has 9 nitrogen and oxygen atoms in total. The van der Waals surface area contributed by atoms with E-state index in [1.54, 1.807) is 31.4 Å². The van der Waals surface area contributed by atoms with Crippen molar-refractivity contribution in [1.82, 2.24) is 19.5 Å². The summed E-state index contributed by atoms with van der Waals surface area (Å²) < 4.78 is 12.0. The maximum atomic E-state index is 12.5. The van der Waals surface area contributed by atoms with Crippen LogP contribution in [-0.4, -0.2) is 39.6 Å². The fourth-order valence-electron chi connectivity index (χ4n) is 2.87. The summed E-state index contributed by atoms with van der Waals surface area (Å²) in [6.45, 7) is 0. The highest BCUT2D eigenvalue weighted by Gasteiger charge is 2.22. The lowest BCUT2D eigenvalue weighted by molar-refractivity contribution is 0.0997. The molecule has 0 unspecified atom stereocenters. The van der Waals surface area contributed by atoms with Gasteiger partial charge in [0.15, 0.2) is 17.2 Å². The molecule has 142 valence electrons. The molecule has 3 aromatic heterocycles. The van der Waals surface area contributed by atoms with E-state index in [0.29, 0.717) is 22.1 Å². The molecule has 4 aromatic rings. The number of amides is 1. The summed E-state index contributed by atoms with van der Waals surface area (Å²) >= 11 is 1.36. The Morgan fingerprint density at radius 2 is 2.04 bits per heavy atom. The Bertz CT molecular complexity index is 1240. The maximum Gasteiger partial charge on any atom is 0.333 e. The molecule has 4 rings (SSSR count). The second-order valence-corrected chi connectivity index (χ2v) is 6.67. The van der Waals surface area contributed by atoms with E-state index in [1.807, 2.05) is 11.4 Å². The van der Waals surface area contributed by atoms with Crippen LogP contribution < -0.4 is 20.9 Å². The van der Waals surface area contributed by atoms with Gasteiger partial charge in [0.25, 0.3) is 5.91 Å². The van der Waals surface area contributed by atoms with Crippen LogP contribution in [0.4, 0.5) is 0 Å². The van der Waals surface area contributed by atoms with Gasteiger partial charge in [-0.3, -0.25) is 4.79 Å². The smallest absolute Gasteiger partial charge is 0.333 e. The highest BCUT2D eigenvalue weighted by Crippen LogP contribution is 2.32. The van der Waals surface area contributed by atoms with Crippen molar-refractivity contribution in [3.63, 3.8) is 0 Å². The van der Waals surface area contributed by atoms with E-state index in [0.717, 1.165) is 0 Å². The summed E-state index contributed by atoms with van der Waals surface area (Å²) in [6, 6.07) is 8.70. The number of methoxy groups -OCH3 is 2. The minimum absolute atomic E-state index is 0.0784. The summed E-state index contributed by atoms with van der Waals surface area (Å²) in [5.41, 5.74) is 5.96. The first-order valence-corrected chi connectivity index (χ1v) is 9.00. The summed E-state index contributed by atoms with van der Waals surface area (Å²) in [4.78, 5) is 36.0. The van der Waals surface area contributed by atoms with E-state index in [4.69, 9.17) is 15.2 Å². The third-order valence-electron chi connectivity index (χ3n) is 4.15. The van der Waals surface area contributed by atoms with Gasteiger partial charge in [0.2, 0.25) is 0 Å². The summed E-state index contributed by atoms with van der Waals surface area (Å²) in [6.07, 6.45) is 0. The number of nitrogens with one attached hydrogen (secondary N) is 1. The Balaban J connectivity index is 2.05. The number of imidazole rings is 1. The van der Waals surface area contributed by atoms with Crippen LogP contribution in [0.2, 0.25) is 0 Å². The first kappa shape index (κ1) is 17.7. The number of fused-ring (bicyclic) bond motifs is 1. The molecule has 0 aliphatic rings. The Hall–Kier alpha value is -3.66. The average molecular weight is 397 g/mol. The number of rotatable bonds is 5. The molecule has 0 radical (unpaired) electrons. The number of nitrogens with zero attached hydrogens (tertiary/aromatic N) is 3. The zero-order valence-corrected chi connectivity index (χ0v) is 15.7. The van der Waals surface area contributed by atoms with Gasteiger partial charge >= 0.3 is 5.69 Å².